The predicted octanol–water partition coefficient (Wildman–Crippen LogP) is 2.51. The lowest BCUT2D eigenvalue weighted by Crippen LogP contribution is -2.10. The molecule has 0 saturated carbocycles. The van der Waals surface area contributed by atoms with Gasteiger partial charge in [-0.3, -0.25) is 0 Å². The molecule has 0 spiro atoms. The number of methoxy groups -OCH3 is 1. The van der Waals surface area contributed by atoms with E-state index in [9.17, 15) is 0 Å². The summed E-state index contributed by atoms with van der Waals surface area (Å²) in [5, 5.41) is 0. The highest BCUT2D eigenvalue weighted by molar-refractivity contribution is 9.10. The van der Waals surface area contributed by atoms with Gasteiger partial charge in [-0.2, -0.15) is 0 Å². The molecule has 1 rings (SSSR count). The van der Waals surface area contributed by atoms with Crippen molar-refractivity contribution in [1.29, 1.82) is 0 Å². The fraction of sp³-hybridized carbons (Fsp3) is 0.538. The molecule has 102 valence electrons. The van der Waals surface area contributed by atoms with Crippen LogP contribution in [0.3, 0.4) is 0 Å². The molecule has 0 unspecified atom stereocenters. The number of rotatable bonds is 8. The van der Waals surface area contributed by atoms with Crippen LogP contribution in [0, 0.1) is 0 Å². The Kier molecular flexibility index (Phi) is 7.27. The van der Waals surface area contributed by atoms with Gasteiger partial charge in [-0.15, -0.1) is 0 Å². The highest BCUT2D eigenvalue weighted by Crippen LogP contribution is 2.26. The number of nitrogens with two attached hydrogens (primary N) is 1. The van der Waals surface area contributed by atoms with Crippen LogP contribution in [-0.2, 0) is 9.47 Å². The van der Waals surface area contributed by atoms with Crippen molar-refractivity contribution < 1.29 is 14.2 Å². The van der Waals surface area contributed by atoms with Crippen molar-refractivity contribution in [3.05, 3.63) is 28.2 Å². The third-order valence-corrected chi connectivity index (χ3v) is 3.08. The van der Waals surface area contributed by atoms with Crippen LogP contribution in [0.4, 0.5) is 0 Å². The molecule has 0 fully saturated rings. The van der Waals surface area contributed by atoms with Crippen molar-refractivity contribution in [2.45, 2.75) is 13.0 Å². The van der Waals surface area contributed by atoms with E-state index in [0.29, 0.717) is 26.4 Å². The van der Waals surface area contributed by atoms with E-state index in [1.807, 2.05) is 25.1 Å². The van der Waals surface area contributed by atoms with Gasteiger partial charge in [-0.05, 0) is 24.6 Å². The van der Waals surface area contributed by atoms with Crippen LogP contribution in [0.25, 0.3) is 0 Å². The highest BCUT2D eigenvalue weighted by atomic mass is 79.9. The lowest BCUT2D eigenvalue weighted by molar-refractivity contribution is 0.0544. The van der Waals surface area contributed by atoms with Crippen molar-refractivity contribution in [2.24, 2.45) is 5.73 Å². The molecule has 1 aromatic carbocycles. The van der Waals surface area contributed by atoms with Crippen molar-refractivity contribution >= 4 is 15.9 Å². The quantitative estimate of drug-likeness (QED) is 0.748. The zero-order valence-corrected chi connectivity index (χ0v) is 12.4. The Morgan fingerprint density at radius 3 is 2.56 bits per heavy atom. The van der Waals surface area contributed by atoms with Crippen LogP contribution in [0.1, 0.15) is 18.5 Å². The summed E-state index contributed by atoms with van der Waals surface area (Å²) in [4.78, 5) is 0. The van der Waals surface area contributed by atoms with Crippen molar-refractivity contribution in [3.63, 3.8) is 0 Å². The summed E-state index contributed by atoms with van der Waals surface area (Å²) in [5.41, 5.74) is 6.90. The molecule has 0 aromatic heterocycles. The second-order valence-corrected chi connectivity index (χ2v) is 4.78. The minimum Gasteiger partial charge on any atom is -0.491 e. The molecule has 0 aliphatic carbocycles. The molecule has 0 amide bonds. The van der Waals surface area contributed by atoms with Crippen LogP contribution in [-0.4, -0.2) is 33.5 Å². The first-order valence-corrected chi connectivity index (χ1v) is 6.69. The monoisotopic (exact) mass is 317 g/mol. The Balaban J connectivity index is 2.33. The maximum absolute atomic E-state index is 5.83. The standard InChI is InChI=1S/C13H20BrNO3/c1-10(15)12-4-3-11(9-13(12)14)18-8-7-17-6-5-16-2/h3-4,9-10H,5-8,15H2,1-2H3/t10-/m0/s1. The largest absolute Gasteiger partial charge is 0.491 e. The van der Waals surface area contributed by atoms with Gasteiger partial charge in [0.05, 0.1) is 19.8 Å². The van der Waals surface area contributed by atoms with Gasteiger partial charge in [0.1, 0.15) is 12.4 Å². The predicted molar refractivity (Wildman–Crippen MR) is 74.9 cm³/mol. The minimum absolute atomic E-state index is 0.00537. The van der Waals surface area contributed by atoms with E-state index in [1.54, 1.807) is 7.11 Å². The summed E-state index contributed by atoms with van der Waals surface area (Å²) < 4.78 is 16.7. The van der Waals surface area contributed by atoms with E-state index in [4.69, 9.17) is 19.9 Å². The van der Waals surface area contributed by atoms with Crippen LogP contribution in [0.5, 0.6) is 5.75 Å². The van der Waals surface area contributed by atoms with Gasteiger partial charge >= 0.3 is 0 Å². The summed E-state index contributed by atoms with van der Waals surface area (Å²) in [5.74, 6) is 0.807. The van der Waals surface area contributed by atoms with Crippen LogP contribution in [0.15, 0.2) is 22.7 Å². The van der Waals surface area contributed by atoms with E-state index in [-0.39, 0.29) is 6.04 Å². The number of hydrogen-bond acceptors (Lipinski definition) is 4. The van der Waals surface area contributed by atoms with Crippen LogP contribution in [0.2, 0.25) is 0 Å². The Morgan fingerprint density at radius 2 is 1.94 bits per heavy atom. The summed E-state index contributed by atoms with van der Waals surface area (Å²) in [6.07, 6.45) is 0. The fourth-order valence-corrected chi connectivity index (χ4v) is 2.15. The Morgan fingerprint density at radius 1 is 1.22 bits per heavy atom. The summed E-state index contributed by atoms with van der Waals surface area (Å²) in [6, 6.07) is 5.81. The second-order valence-electron chi connectivity index (χ2n) is 3.93. The molecule has 0 heterocycles. The SMILES string of the molecule is COCCOCCOc1ccc([C@H](C)N)c(Br)c1. The van der Waals surface area contributed by atoms with Gasteiger partial charge in [-0.1, -0.05) is 22.0 Å². The first-order valence-electron chi connectivity index (χ1n) is 5.89. The Bertz CT molecular complexity index is 358. The molecule has 2 N–H and O–H groups in total. The van der Waals surface area contributed by atoms with Gasteiger partial charge in [-0.25, -0.2) is 0 Å². The minimum atomic E-state index is 0.00537. The molecule has 0 aliphatic rings. The van der Waals surface area contributed by atoms with Crippen molar-refractivity contribution in [3.8, 4) is 5.75 Å². The molecular weight excluding hydrogens is 298 g/mol. The number of benzene rings is 1. The molecule has 0 bridgehead atoms. The fourth-order valence-electron chi connectivity index (χ4n) is 1.43. The van der Waals surface area contributed by atoms with Crippen molar-refractivity contribution in [1.82, 2.24) is 0 Å². The molecule has 18 heavy (non-hydrogen) atoms. The van der Waals surface area contributed by atoms with E-state index < -0.39 is 0 Å². The van der Waals surface area contributed by atoms with Crippen LogP contribution < -0.4 is 10.5 Å². The third kappa shape index (κ3) is 5.35. The normalized spacial score (nSPS) is 12.4. The van der Waals surface area contributed by atoms with Gasteiger partial charge in [0, 0.05) is 17.6 Å². The van der Waals surface area contributed by atoms with Crippen molar-refractivity contribution in [2.75, 3.05) is 33.5 Å². The average Bonchev–Trinajstić information content (AvgIpc) is 2.33. The molecule has 4 nitrogen and oxygen atoms in total. The Labute approximate surface area is 117 Å². The molecule has 0 radical (unpaired) electrons. The maximum Gasteiger partial charge on any atom is 0.120 e. The lowest BCUT2D eigenvalue weighted by atomic mass is 10.1. The van der Waals surface area contributed by atoms with Gasteiger partial charge < -0.3 is 19.9 Å². The number of ether oxygens (including phenoxy) is 3. The van der Waals surface area contributed by atoms with E-state index in [1.165, 1.54) is 0 Å². The highest BCUT2D eigenvalue weighted by Gasteiger charge is 2.06. The second kappa shape index (κ2) is 8.48. The summed E-state index contributed by atoms with van der Waals surface area (Å²) in [6.45, 7) is 4.22. The number of hydrogen-bond donors (Lipinski definition) is 1. The van der Waals surface area contributed by atoms with Gasteiger partial charge in [0.15, 0.2) is 0 Å². The smallest absolute Gasteiger partial charge is 0.120 e. The molecule has 0 aliphatic heterocycles. The van der Waals surface area contributed by atoms with E-state index >= 15 is 0 Å². The Hall–Kier alpha value is -0.620. The summed E-state index contributed by atoms with van der Waals surface area (Å²) >= 11 is 3.48. The lowest BCUT2D eigenvalue weighted by Gasteiger charge is -2.11. The molecule has 1 atom stereocenters. The number of halogens is 1. The third-order valence-electron chi connectivity index (χ3n) is 2.39. The average molecular weight is 318 g/mol. The zero-order chi connectivity index (χ0) is 13.4. The molecule has 0 saturated heterocycles. The maximum atomic E-state index is 5.83. The molecular formula is C13H20BrNO3. The molecule has 1 aromatic rings. The summed E-state index contributed by atoms with van der Waals surface area (Å²) in [7, 11) is 1.65. The van der Waals surface area contributed by atoms with E-state index in [0.717, 1.165) is 15.8 Å². The first-order chi connectivity index (χ1) is 8.65. The zero-order valence-electron chi connectivity index (χ0n) is 10.8. The first kappa shape index (κ1) is 15.4. The molecule has 5 heteroatoms. The topological polar surface area (TPSA) is 53.7 Å². The van der Waals surface area contributed by atoms with Gasteiger partial charge in [0.2, 0.25) is 0 Å². The van der Waals surface area contributed by atoms with Gasteiger partial charge in [0.25, 0.3) is 0 Å². The van der Waals surface area contributed by atoms with Crippen LogP contribution >= 0.6 is 15.9 Å². The van der Waals surface area contributed by atoms with E-state index in [2.05, 4.69) is 15.9 Å².